The first-order chi connectivity index (χ1) is 9.69. The number of hydrogen-bond donors (Lipinski definition) is 1. The van der Waals surface area contributed by atoms with Gasteiger partial charge < -0.3 is 10.1 Å². The molecule has 1 aromatic carbocycles. The molecule has 0 saturated heterocycles. The van der Waals surface area contributed by atoms with Crippen LogP contribution >= 0.6 is 11.8 Å². The fourth-order valence-electron chi connectivity index (χ4n) is 1.90. The smallest absolute Gasteiger partial charge is 0.311 e. The van der Waals surface area contributed by atoms with Crippen molar-refractivity contribution in [3.05, 3.63) is 28.3 Å². The number of unbranched alkanes of at least 4 members (excludes halogenated alkanes) is 3. The van der Waals surface area contributed by atoms with Crippen LogP contribution in [-0.2, 0) is 0 Å². The Morgan fingerprint density at radius 1 is 1.30 bits per heavy atom. The number of nitrogens with zero attached hydrogens (tertiary/aromatic N) is 1. The van der Waals surface area contributed by atoms with Gasteiger partial charge in [0, 0.05) is 24.4 Å². The van der Waals surface area contributed by atoms with Crippen molar-refractivity contribution in [1.29, 1.82) is 0 Å². The summed E-state index contributed by atoms with van der Waals surface area (Å²) < 4.78 is 5.04. The molecule has 0 unspecified atom stereocenters. The Balaban J connectivity index is 2.35. The highest BCUT2D eigenvalue weighted by molar-refractivity contribution is 7.98. The second-order valence-electron chi connectivity index (χ2n) is 4.48. The molecule has 0 aromatic heterocycles. The predicted molar refractivity (Wildman–Crippen MR) is 85.0 cm³/mol. The SMILES string of the molecule is COc1cc(NCCCCCCSC)ccc1[N+](=O)[O-]. The van der Waals surface area contributed by atoms with Crippen molar-refractivity contribution in [2.45, 2.75) is 25.7 Å². The van der Waals surface area contributed by atoms with E-state index in [4.69, 9.17) is 4.74 Å². The van der Waals surface area contributed by atoms with Crippen molar-refractivity contribution in [1.82, 2.24) is 0 Å². The van der Waals surface area contributed by atoms with Crippen molar-refractivity contribution >= 4 is 23.1 Å². The molecule has 0 radical (unpaired) electrons. The molecule has 0 saturated carbocycles. The zero-order chi connectivity index (χ0) is 14.8. The minimum absolute atomic E-state index is 0.00452. The highest BCUT2D eigenvalue weighted by Crippen LogP contribution is 2.29. The first kappa shape index (κ1) is 16.6. The Kier molecular flexibility index (Phi) is 7.87. The molecular weight excluding hydrogens is 276 g/mol. The summed E-state index contributed by atoms with van der Waals surface area (Å²) in [6.45, 7) is 0.875. The van der Waals surface area contributed by atoms with Crippen molar-refractivity contribution in [3.63, 3.8) is 0 Å². The molecule has 0 amide bonds. The molecule has 5 nitrogen and oxygen atoms in total. The number of anilines is 1. The van der Waals surface area contributed by atoms with Gasteiger partial charge in [-0.2, -0.15) is 11.8 Å². The molecule has 1 rings (SSSR count). The number of benzene rings is 1. The first-order valence-electron chi connectivity index (χ1n) is 6.74. The van der Waals surface area contributed by atoms with Crippen LogP contribution in [0.5, 0.6) is 5.75 Å². The molecule has 112 valence electrons. The predicted octanol–water partition coefficient (Wildman–Crippen LogP) is 3.94. The van der Waals surface area contributed by atoms with Gasteiger partial charge in [-0.1, -0.05) is 12.8 Å². The molecule has 0 aliphatic rings. The molecule has 0 aliphatic carbocycles. The summed E-state index contributed by atoms with van der Waals surface area (Å²) in [6, 6.07) is 4.86. The second kappa shape index (κ2) is 9.47. The van der Waals surface area contributed by atoms with Crippen LogP contribution in [0.1, 0.15) is 25.7 Å². The number of ether oxygens (including phenoxy) is 1. The largest absolute Gasteiger partial charge is 0.490 e. The van der Waals surface area contributed by atoms with Crippen LogP contribution in [0.3, 0.4) is 0 Å². The van der Waals surface area contributed by atoms with Crippen LogP contribution in [-0.4, -0.2) is 30.6 Å². The van der Waals surface area contributed by atoms with E-state index in [2.05, 4.69) is 11.6 Å². The second-order valence-corrected chi connectivity index (χ2v) is 5.46. The van der Waals surface area contributed by atoms with Crippen LogP contribution in [0.25, 0.3) is 0 Å². The normalized spacial score (nSPS) is 10.3. The van der Waals surface area contributed by atoms with Crippen molar-refractivity contribution < 1.29 is 9.66 Å². The lowest BCUT2D eigenvalue weighted by molar-refractivity contribution is -0.385. The van der Waals surface area contributed by atoms with Crippen LogP contribution in [0.15, 0.2) is 18.2 Å². The maximum absolute atomic E-state index is 10.8. The summed E-state index contributed by atoms with van der Waals surface area (Å²) in [6.07, 6.45) is 6.97. The summed E-state index contributed by atoms with van der Waals surface area (Å²) >= 11 is 1.89. The fourth-order valence-corrected chi connectivity index (χ4v) is 2.39. The van der Waals surface area contributed by atoms with Crippen LogP contribution < -0.4 is 10.1 Å². The Labute approximate surface area is 124 Å². The average Bonchev–Trinajstić information content (AvgIpc) is 2.45. The lowest BCUT2D eigenvalue weighted by Crippen LogP contribution is -2.02. The van der Waals surface area contributed by atoms with Gasteiger partial charge in [-0.15, -0.1) is 0 Å². The van der Waals surface area contributed by atoms with Gasteiger partial charge in [-0.05, 0) is 30.9 Å². The summed E-state index contributed by atoms with van der Waals surface area (Å²) in [7, 11) is 1.44. The van der Waals surface area contributed by atoms with E-state index in [0.29, 0.717) is 5.75 Å². The third-order valence-electron chi connectivity index (χ3n) is 2.98. The van der Waals surface area contributed by atoms with Crippen molar-refractivity contribution in [2.75, 3.05) is 31.0 Å². The Morgan fingerprint density at radius 3 is 2.70 bits per heavy atom. The minimum atomic E-state index is -0.436. The molecule has 1 N–H and O–H groups in total. The number of thioether (sulfide) groups is 1. The monoisotopic (exact) mass is 298 g/mol. The van der Waals surface area contributed by atoms with E-state index in [0.717, 1.165) is 18.7 Å². The van der Waals surface area contributed by atoms with E-state index in [1.807, 2.05) is 11.8 Å². The number of nitrogens with one attached hydrogen (secondary N) is 1. The summed E-state index contributed by atoms with van der Waals surface area (Å²) in [4.78, 5) is 10.3. The first-order valence-corrected chi connectivity index (χ1v) is 8.13. The summed E-state index contributed by atoms with van der Waals surface area (Å²) in [5, 5.41) is 14.0. The average molecular weight is 298 g/mol. The van der Waals surface area contributed by atoms with E-state index < -0.39 is 4.92 Å². The van der Waals surface area contributed by atoms with Gasteiger partial charge in [0.2, 0.25) is 0 Å². The summed E-state index contributed by atoms with van der Waals surface area (Å²) in [5.74, 6) is 1.52. The van der Waals surface area contributed by atoms with Crippen molar-refractivity contribution in [3.8, 4) is 5.75 Å². The van der Waals surface area contributed by atoms with Gasteiger partial charge in [0.15, 0.2) is 5.75 Å². The zero-order valence-corrected chi connectivity index (χ0v) is 12.9. The topological polar surface area (TPSA) is 64.4 Å². The highest BCUT2D eigenvalue weighted by atomic mass is 32.2. The Bertz CT molecular complexity index is 427. The fraction of sp³-hybridized carbons (Fsp3) is 0.571. The number of rotatable bonds is 10. The molecule has 0 aliphatic heterocycles. The van der Waals surface area contributed by atoms with Gasteiger partial charge in [0.1, 0.15) is 0 Å². The van der Waals surface area contributed by atoms with Gasteiger partial charge in [0.25, 0.3) is 0 Å². The van der Waals surface area contributed by atoms with Crippen LogP contribution in [0.2, 0.25) is 0 Å². The lowest BCUT2D eigenvalue weighted by atomic mass is 10.2. The third-order valence-corrected chi connectivity index (χ3v) is 3.68. The van der Waals surface area contributed by atoms with Crippen LogP contribution in [0, 0.1) is 10.1 Å². The highest BCUT2D eigenvalue weighted by Gasteiger charge is 2.14. The standard InChI is InChI=1S/C14H22N2O3S/c1-19-14-11-12(7-8-13(14)16(17)18)15-9-5-3-4-6-10-20-2/h7-8,11,15H,3-6,9-10H2,1-2H3. The summed E-state index contributed by atoms with van der Waals surface area (Å²) in [5.41, 5.74) is 0.853. The molecule has 1 aromatic rings. The Hall–Kier alpha value is -1.43. The van der Waals surface area contributed by atoms with E-state index in [9.17, 15) is 10.1 Å². The van der Waals surface area contributed by atoms with Crippen molar-refractivity contribution in [2.24, 2.45) is 0 Å². The third kappa shape index (κ3) is 5.69. The molecule has 20 heavy (non-hydrogen) atoms. The number of methoxy groups -OCH3 is 1. The number of nitro benzene ring substituents is 1. The van der Waals surface area contributed by atoms with Gasteiger partial charge in [-0.25, -0.2) is 0 Å². The molecular formula is C14H22N2O3S. The van der Waals surface area contributed by atoms with E-state index in [-0.39, 0.29) is 5.69 Å². The van der Waals surface area contributed by atoms with Gasteiger partial charge in [0.05, 0.1) is 12.0 Å². The molecule has 0 atom stereocenters. The quantitative estimate of drug-likeness (QED) is 0.402. The molecule has 0 bridgehead atoms. The van der Waals surface area contributed by atoms with E-state index in [1.165, 1.54) is 38.2 Å². The van der Waals surface area contributed by atoms with Gasteiger partial charge in [-0.3, -0.25) is 10.1 Å². The molecule has 0 fully saturated rings. The lowest BCUT2D eigenvalue weighted by Gasteiger charge is -2.08. The van der Waals surface area contributed by atoms with Crippen LogP contribution in [0.4, 0.5) is 11.4 Å². The molecule has 0 spiro atoms. The maximum Gasteiger partial charge on any atom is 0.311 e. The minimum Gasteiger partial charge on any atom is -0.490 e. The Morgan fingerprint density at radius 2 is 2.05 bits per heavy atom. The molecule has 6 heteroatoms. The maximum atomic E-state index is 10.8. The van der Waals surface area contributed by atoms with E-state index in [1.54, 1.807) is 12.1 Å². The van der Waals surface area contributed by atoms with E-state index >= 15 is 0 Å². The van der Waals surface area contributed by atoms with Gasteiger partial charge >= 0.3 is 5.69 Å². The number of nitro groups is 1. The molecule has 0 heterocycles. The number of hydrogen-bond acceptors (Lipinski definition) is 5. The zero-order valence-electron chi connectivity index (χ0n) is 12.1.